The van der Waals surface area contributed by atoms with Crippen LogP contribution in [0.2, 0.25) is 0 Å². The maximum atomic E-state index is 12.7. The van der Waals surface area contributed by atoms with Crippen LogP contribution in [0.3, 0.4) is 0 Å². The Labute approximate surface area is 190 Å². The number of amides is 1. The summed E-state index contributed by atoms with van der Waals surface area (Å²) in [4.78, 5) is 38.4. The lowest BCUT2D eigenvalue weighted by Crippen LogP contribution is -2.45. The summed E-state index contributed by atoms with van der Waals surface area (Å²) in [6.45, 7) is 6.65. The van der Waals surface area contributed by atoms with Crippen molar-refractivity contribution in [1.82, 2.24) is 4.90 Å². The fourth-order valence-corrected chi connectivity index (χ4v) is 3.47. The van der Waals surface area contributed by atoms with Gasteiger partial charge in [-0.25, -0.2) is 9.59 Å². The highest BCUT2D eigenvalue weighted by molar-refractivity contribution is 6.18. The van der Waals surface area contributed by atoms with Gasteiger partial charge in [-0.3, -0.25) is 9.69 Å². The predicted octanol–water partition coefficient (Wildman–Crippen LogP) is 4.79. The number of ether oxygens (including phenoxy) is 3. The molecule has 1 aliphatic rings. The summed E-state index contributed by atoms with van der Waals surface area (Å²) in [7, 11) is 1.21. The Hall–Kier alpha value is -2.67. The van der Waals surface area contributed by atoms with Crippen LogP contribution in [0.25, 0.3) is 0 Å². The first kappa shape index (κ1) is 25.6. The predicted molar refractivity (Wildman–Crippen MR) is 121 cm³/mol. The third-order valence-corrected chi connectivity index (χ3v) is 5.08. The lowest BCUT2D eigenvalue weighted by molar-refractivity contribution is -0.138. The number of carbonyl (C=O) groups excluding carboxylic acids is 3. The van der Waals surface area contributed by atoms with Crippen LogP contribution < -0.4 is 0 Å². The molecule has 0 N–H and O–H groups in total. The Kier molecular flexibility index (Phi) is 9.91. The molecule has 1 atom stereocenters. The van der Waals surface area contributed by atoms with Crippen LogP contribution in [-0.4, -0.2) is 48.1 Å². The summed E-state index contributed by atoms with van der Waals surface area (Å²) in [5.41, 5.74) is 0.364. The van der Waals surface area contributed by atoms with E-state index in [1.807, 2.05) is 30.3 Å². The van der Waals surface area contributed by atoms with Gasteiger partial charge in [0.05, 0.1) is 13.7 Å². The Balaban J connectivity index is 1.81. The van der Waals surface area contributed by atoms with Crippen LogP contribution in [0, 0.1) is 0 Å². The summed E-state index contributed by atoms with van der Waals surface area (Å²) in [5, 5.41) is 0. The molecule has 0 aliphatic carbocycles. The smallest absolute Gasteiger partial charge is 0.414 e. The van der Waals surface area contributed by atoms with Crippen molar-refractivity contribution >= 4 is 17.8 Å². The number of hydrogen-bond donors (Lipinski definition) is 0. The average molecular weight is 446 g/mol. The number of rotatable bonds is 10. The fourth-order valence-electron chi connectivity index (χ4n) is 3.47. The zero-order chi connectivity index (χ0) is 23.6. The molecule has 176 valence electrons. The van der Waals surface area contributed by atoms with Gasteiger partial charge in [-0.05, 0) is 39.2 Å². The van der Waals surface area contributed by atoms with Crippen LogP contribution in [0.1, 0.15) is 64.9 Å². The lowest BCUT2D eigenvalue weighted by atomic mass is 9.95. The monoisotopic (exact) mass is 445 g/mol. The number of esters is 1. The maximum Gasteiger partial charge on any atom is 0.414 e. The first-order valence-electron chi connectivity index (χ1n) is 11.2. The van der Waals surface area contributed by atoms with Gasteiger partial charge in [0.2, 0.25) is 0 Å². The van der Waals surface area contributed by atoms with E-state index in [-0.39, 0.29) is 23.8 Å². The van der Waals surface area contributed by atoms with Crippen molar-refractivity contribution in [2.45, 2.75) is 77.5 Å². The molecule has 0 aromatic heterocycles. The van der Waals surface area contributed by atoms with E-state index in [0.717, 1.165) is 31.2 Å². The van der Waals surface area contributed by atoms with Crippen LogP contribution in [0.4, 0.5) is 4.79 Å². The molecule has 7 nitrogen and oxygen atoms in total. The number of unbranched alkanes of at least 4 members (excludes halogenated alkanes) is 3. The molecule has 0 spiro atoms. The first-order valence-corrected chi connectivity index (χ1v) is 11.2. The molecule has 1 amide bonds. The average Bonchev–Trinajstić information content (AvgIpc) is 2.74. The molecule has 1 aromatic rings. The minimum absolute atomic E-state index is 0.0837. The van der Waals surface area contributed by atoms with Crippen LogP contribution >= 0.6 is 0 Å². The molecule has 0 radical (unpaired) electrons. The number of carbonyl (C=O) groups is 3. The first-order chi connectivity index (χ1) is 15.2. The largest absolute Gasteiger partial charge is 0.465 e. The molecule has 1 aliphatic heterocycles. The third kappa shape index (κ3) is 8.46. The third-order valence-electron chi connectivity index (χ3n) is 5.08. The SMILES string of the molecule is COC(=O)C1=CN(C(=O)OC(C)(C)C)[C@H](CCCCCCOCc2ccccc2)CC1=O. The molecule has 0 fully saturated rings. The Morgan fingerprint density at radius 2 is 1.75 bits per heavy atom. The second-order valence-electron chi connectivity index (χ2n) is 8.94. The summed E-state index contributed by atoms with van der Waals surface area (Å²) < 4.78 is 15.9. The highest BCUT2D eigenvalue weighted by Gasteiger charge is 2.36. The van der Waals surface area contributed by atoms with Gasteiger partial charge in [-0.15, -0.1) is 0 Å². The summed E-state index contributed by atoms with van der Waals surface area (Å²) in [6.07, 6.45) is 5.25. The molecule has 1 aromatic carbocycles. The molecule has 0 saturated carbocycles. The van der Waals surface area contributed by atoms with Crippen molar-refractivity contribution in [3.8, 4) is 0 Å². The molecular weight excluding hydrogens is 410 g/mol. The van der Waals surface area contributed by atoms with Crippen LogP contribution in [-0.2, 0) is 30.4 Å². The van der Waals surface area contributed by atoms with E-state index in [4.69, 9.17) is 9.47 Å². The van der Waals surface area contributed by atoms with Gasteiger partial charge in [0.25, 0.3) is 0 Å². The molecule has 2 rings (SSSR count). The zero-order valence-electron chi connectivity index (χ0n) is 19.6. The number of nitrogens with zero attached hydrogens (tertiary/aromatic N) is 1. The van der Waals surface area contributed by atoms with Crippen LogP contribution in [0.5, 0.6) is 0 Å². The zero-order valence-corrected chi connectivity index (χ0v) is 19.6. The van der Waals surface area contributed by atoms with E-state index in [0.29, 0.717) is 19.6 Å². The minimum atomic E-state index is -0.738. The van der Waals surface area contributed by atoms with E-state index >= 15 is 0 Å². The number of methoxy groups -OCH3 is 1. The summed E-state index contributed by atoms with van der Waals surface area (Å²) >= 11 is 0. The summed E-state index contributed by atoms with van der Waals surface area (Å²) in [5.74, 6) is -1.05. The van der Waals surface area contributed by atoms with E-state index in [2.05, 4.69) is 4.74 Å². The van der Waals surface area contributed by atoms with Gasteiger partial charge in [-0.1, -0.05) is 49.6 Å². The second-order valence-corrected chi connectivity index (χ2v) is 8.94. The molecule has 0 unspecified atom stereocenters. The standard InChI is InChI=1S/C25H35NO6/c1-25(2,3)32-24(29)26-17-21(23(28)30-4)22(27)16-20(26)14-10-5-6-11-15-31-18-19-12-8-7-9-13-19/h7-9,12-13,17,20H,5-6,10-11,14-16,18H2,1-4H3/t20-/m1/s1. The number of Topliss-reactive ketones (excluding diaryl/α,β-unsaturated/α-hetero) is 1. The molecule has 0 saturated heterocycles. The van der Waals surface area contributed by atoms with Gasteiger partial charge >= 0.3 is 12.1 Å². The minimum Gasteiger partial charge on any atom is -0.465 e. The van der Waals surface area contributed by atoms with Gasteiger partial charge in [-0.2, -0.15) is 0 Å². The number of benzene rings is 1. The van der Waals surface area contributed by atoms with Crippen molar-refractivity contribution in [1.29, 1.82) is 0 Å². The van der Waals surface area contributed by atoms with Gasteiger partial charge < -0.3 is 14.2 Å². The Morgan fingerprint density at radius 1 is 1.06 bits per heavy atom. The van der Waals surface area contributed by atoms with Crippen molar-refractivity contribution in [3.05, 3.63) is 47.7 Å². The molecule has 1 heterocycles. The molecule has 7 heteroatoms. The van der Waals surface area contributed by atoms with E-state index < -0.39 is 17.7 Å². The van der Waals surface area contributed by atoms with Crippen molar-refractivity contribution < 1.29 is 28.6 Å². The quantitative estimate of drug-likeness (QED) is 0.293. The fraction of sp³-hybridized carbons (Fsp3) is 0.560. The number of ketones is 1. The van der Waals surface area contributed by atoms with E-state index in [1.54, 1.807) is 20.8 Å². The Bertz CT molecular complexity index is 796. The number of hydrogen-bond acceptors (Lipinski definition) is 6. The van der Waals surface area contributed by atoms with Crippen molar-refractivity contribution in [3.63, 3.8) is 0 Å². The summed E-state index contributed by atoms with van der Waals surface area (Å²) in [6, 6.07) is 9.74. The topological polar surface area (TPSA) is 82.1 Å². The van der Waals surface area contributed by atoms with Crippen molar-refractivity contribution in [2.75, 3.05) is 13.7 Å². The van der Waals surface area contributed by atoms with Crippen LogP contribution in [0.15, 0.2) is 42.1 Å². The second kappa shape index (κ2) is 12.4. The van der Waals surface area contributed by atoms with E-state index in [1.165, 1.54) is 18.2 Å². The van der Waals surface area contributed by atoms with Crippen molar-refractivity contribution in [2.24, 2.45) is 0 Å². The van der Waals surface area contributed by atoms with Gasteiger partial charge in [0, 0.05) is 25.3 Å². The lowest BCUT2D eigenvalue weighted by Gasteiger charge is -2.34. The normalized spacial score (nSPS) is 16.5. The Morgan fingerprint density at radius 3 is 2.41 bits per heavy atom. The highest BCUT2D eigenvalue weighted by atomic mass is 16.6. The molecular formula is C25H35NO6. The van der Waals surface area contributed by atoms with Gasteiger partial charge in [0.15, 0.2) is 5.78 Å². The molecule has 0 bridgehead atoms. The van der Waals surface area contributed by atoms with E-state index in [9.17, 15) is 14.4 Å². The molecule has 32 heavy (non-hydrogen) atoms. The van der Waals surface area contributed by atoms with Gasteiger partial charge in [0.1, 0.15) is 11.2 Å². The highest BCUT2D eigenvalue weighted by Crippen LogP contribution is 2.25. The maximum absolute atomic E-state index is 12.7.